The molecule has 2 aromatic rings. The number of carboxylic acids is 1. The van der Waals surface area contributed by atoms with Gasteiger partial charge in [-0.2, -0.15) is 0 Å². The zero-order valence-corrected chi connectivity index (χ0v) is 12.7. The summed E-state index contributed by atoms with van der Waals surface area (Å²) in [6.45, 7) is 2.54. The van der Waals surface area contributed by atoms with Gasteiger partial charge in [-0.1, -0.05) is 6.07 Å². The molecule has 1 amide bonds. The van der Waals surface area contributed by atoms with E-state index in [0.29, 0.717) is 17.8 Å². The number of thiophene rings is 1. The number of hydrogen-bond donors (Lipinski definition) is 0. The molecule has 0 spiro atoms. The van der Waals surface area contributed by atoms with Gasteiger partial charge in [0.1, 0.15) is 0 Å². The van der Waals surface area contributed by atoms with Gasteiger partial charge >= 0.3 is 18.9 Å². The quantitative estimate of drug-likeness (QED) is 0.642. The molecule has 0 N–H and O–H groups in total. The van der Waals surface area contributed by atoms with Gasteiger partial charge in [0, 0.05) is 12.2 Å². The molecule has 0 bridgehead atoms. The molecule has 3 rings (SSSR count). The van der Waals surface area contributed by atoms with Gasteiger partial charge in [0.2, 0.25) is 0 Å². The molecule has 1 aliphatic heterocycles. The van der Waals surface area contributed by atoms with E-state index in [9.17, 15) is 14.7 Å². The Bertz CT molecular complexity index is 711. The van der Waals surface area contributed by atoms with Crippen LogP contribution < -0.4 is 28.9 Å². The van der Waals surface area contributed by atoms with E-state index in [0.717, 1.165) is 16.8 Å². The van der Waals surface area contributed by atoms with Gasteiger partial charge in [-0.15, -0.1) is 11.3 Å². The van der Waals surface area contributed by atoms with Gasteiger partial charge in [-0.05, 0) is 53.6 Å². The third-order valence-electron chi connectivity index (χ3n) is 3.40. The van der Waals surface area contributed by atoms with Crippen molar-refractivity contribution in [2.75, 3.05) is 11.4 Å². The summed E-state index contributed by atoms with van der Waals surface area (Å²) in [6.07, 6.45) is 0.673. The van der Waals surface area contributed by atoms with E-state index < -0.39 is 5.97 Å². The van der Waals surface area contributed by atoms with Crippen molar-refractivity contribution in [2.45, 2.75) is 13.3 Å². The Kier molecular flexibility index (Phi) is 4.57. The van der Waals surface area contributed by atoms with Crippen molar-refractivity contribution in [1.29, 1.82) is 0 Å². The zero-order chi connectivity index (χ0) is 14.3. The molecule has 102 valence electrons. The summed E-state index contributed by atoms with van der Waals surface area (Å²) in [7, 11) is 0. The summed E-state index contributed by atoms with van der Waals surface area (Å²) in [5.74, 6) is -1.21. The number of nitrogens with zero attached hydrogens (tertiary/aromatic N) is 1. The fourth-order valence-electron chi connectivity index (χ4n) is 2.42. The van der Waals surface area contributed by atoms with Crippen LogP contribution in [0.3, 0.4) is 0 Å². The monoisotopic (exact) mass is 293 g/mol. The number of aromatic carboxylic acids is 1. The maximum absolute atomic E-state index is 12.4. The first-order valence-corrected chi connectivity index (χ1v) is 7.15. The third kappa shape index (κ3) is 2.91. The van der Waals surface area contributed by atoms with Gasteiger partial charge in [0.25, 0.3) is 5.91 Å². The molecule has 0 radical (unpaired) electrons. The van der Waals surface area contributed by atoms with Crippen molar-refractivity contribution < 1.29 is 33.6 Å². The Hall–Kier alpha value is -1.54. The Morgan fingerprint density at radius 1 is 1.29 bits per heavy atom. The third-order valence-corrected chi connectivity index (χ3v) is 4.43. The standard InChI is InChI=1S/C15H13NO3S.Li/c1-9-6-13(20-8-9)14(17)16-5-4-10-7-11(15(18)19)2-3-12(10)16;/h2-3,6-8H,4-5H2,1H3,(H,18,19);/q;+1/p-1. The number of carbonyl (C=O) groups is 2. The van der Waals surface area contributed by atoms with Gasteiger partial charge in [0.15, 0.2) is 0 Å². The Labute approximate surface area is 138 Å². The number of anilines is 1. The number of amides is 1. The Morgan fingerprint density at radius 2 is 2.05 bits per heavy atom. The predicted octanol–water partition coefficient (Wildman–Crippen LogP) is -1.37. The summed E-state index contributed by atoms with van der Waals surface area (Å²) < 4.78 is 0. The molecule has 4 nitrogen and oxygen atoms in total. The number of carbonyl (C=O) groups excluding carboxylic acids is 2. The van der Waals surface area contributed by atoms with Crippen LogP contribution in [-0.2, 0) is 6.42 Å². The molecule has 1 aliphatic rings. The van der Waals surface area contributed by atoms with Gasteiger partial charge in [-0.3, -0.25) is 4.79 Å². The minimum absolute atomic E-state index is 0. The SMILES string of the molecule is Cc1csc(C(=O)N2CCc3cc(C(=O)[O-])ccc32)c1.[Li+]. The normalized spacial score (nSPS) is 12.7. The van der Waals surface area contributed by atoms with E-state index in [1.54, 1.807) is 17.0 Å². The van der Waals surface area contributed by atoms with E-state index in [1.165, 1.54) is 17.4 Å². The molecule has 1 aromatic heterocycles. The largest absolute Gasteiger partial charge is 1.00 e. The van der Waals surface area contributed by atoms with Gasteiger partial charge in [0.05, 0.1) is 10.8 Å². The van der Waals surface area contributed by atoms with Crippen molar-refractivity contribution in [2.24, 2.45) is 0 Å². The average Bonchev–Trinajstić information content (AvgIpc) is 3.03. The van der Waals surface area contributed by atoms with Crippen molar-refractivity contribution in [1.82, 2.24) is 0 Å². The predicted molar refractivity (Wildman–Crippen MR) is 75.2 cm³/mol. The number of rotatable bonds is 2. The van der Waals surface area contributed by atoms with Crippen molar-refractivity contribution >= 4 is 28.9 Å². The van der Waals surface area contributed by atoms with Crippen LogP contribution in [0.15, 0.2) is 29.6 Å². The second-order valence-electron chi connectivity index (χ2n) is 4.83. The molecule has 0 aliphatic carbocycles. The number of fused-ring (bicyclic) bond motifs is 1. The fourth-order valence-corrected chi connectivity index (χ4v) is 3.26. The van der Waals surface area contributed by atoms with Crippen molar-refractivity contribution in [3.63, 3.8) is 0 Å². The van der Waals surface area contributed by atoms with Crippen LogP contribution in [0, 0.1) is 6.92 Å². The van der Waals surface area contributed by atoms with Crippen LogP contribution in [-0.4, -0.2) is 18.4 Å². The molecular weight excluding hydrogens is 281 g/mol. The van der Waals surface area contributed by atoms with Gasteiger partial charge in [-0.25, -0.2) is 0 Å². The first kappa shape index (κ1) is 15.8. The van der Waals surface area contributed by atoms with E-state index in [-0.39, 0.29) is 30.3 Å². The summed E-state index contributed by atoms with van der Waals surface area (Å²) in [5, 5.41) is 12.8. The summed E-state index contributed by atoms with van der Waals surface area (Å²) in [6, 6.07) is 6.64. The molecular formula is C15H12LiNO3S. The van der Waals surface area contributed by atoms with Crippen molar-refractivity contribution in [3.05, 3.63) is 51.2 Å². The molecule has 0 saturated carbocycles. The average molecular weight is 293 g/mol. The van der Waals surface area contributed by atoms with Crippen LogP contribution in [0.4, 0.5) is 5.69 Å². The van der Waals surface area contributed by atoms with Gasteiger partial charge < -0.3 is 14.8 Å². The summed E-state index contributed by atoms with van der Waals surface area (Å²) >= 11 is 1.43. The van der Waals surface area contributed by atoms with Crippen LogP contribution in [0.25, 0.3) is 0 Å². The van der Waals surface area contributed by atoms with Crippen LogP contribution in [0.5, 0.6) is 0 Å². The van der Waals surface area contributed by atoms with Crippen LogP contribution in [0.1, 0.15) is 31.2 Å². The fraction of sp³-hybridized carbons (Fsp3) is 0.200. The maximum atomic E-state index is 12.4. The van der Waals surface area contributed by atoms with Crippen LogP contribution >= 0.6 is 11.3 Å². The first-order chi connectivity index (χ1) is 9.56. The molecule has 6 heteroatoms. The molecule has 0 fully saturated rings. The zero-order valence-electron chi connectivity index (χ0n) is 11.9. The minimum atomic E-state index is -1.19. The molecule has 0 saturated heterocycles. The van der Waals surface area contributed by atoms with E-state index in [2.05, 4.69) is 0 Å². The van der Waals surface area contributed by atoms with Crippen molar-refractivity contribution in [3.8, 4) is 0 Å². The molecule has 0 atom stereocenters. The number of benzene rings is 1. The number of aryl methyl sites for hydroxylation is 1. The Balaban J connectivity index is 0.00000161. The molecule has 21 heavy (non-hydrogen) atoms. The second kappa shape index (κ2) is 6.06. The molecule has 0 unspecified atom stereocenters. The molecule has 2 heterocycles. The topological polar surface area (TPSA) is 60.4 Å². The summed E-state index contributed by atoms with van der Waals surface area (Å²) in [5.41, 5.74) is 2.91. The first-order valence-electron chi connectivity index (χ1n) is 6.27. The minimum Gasteiger partial charge on any atom is -0.545 e. The number of carboxylic acid groups (broad SMARTS) is 1. The van der Waals surface area contributed by atoms with Crippen LogP contribution in [0.2, 0.25) is 0 Å². The Morgan fingerprint density at radius 3 is 2.67 bits per heavy atom. The second-order valence-corrected chi connectivity index (χ2v) is 5.74. The smallest absolute Gasteiger partial charge is 0.545 e. The van der Waals surface area contributed by atoms with E-state index in [4.69, 9.17) is 0 Å². The van der Waals surface area contributed by atoms with E-state index in [1.807, 2.05) is 18.4 Å². The number of hydrogen-bond acceptors (Lipinski definition) is 4. The van der Waals surface area contributed by atoms with E-state index >= 15 is 0 Å². The maximum Gasteiger partial charge on any atom is 1.00 e. The summed E-state index contributed by atoms with van der Waals surface area (Å²) in [4.78, 5) is 25.7. The molecule has 1 aromatic carbocycles.